The average Bonchev–Trinajstić information content (AvgIpc) is 3.56. The van der Waals surface area contributed by atoms with Crippen molar-refractivity contribution in [1.29, 1.82) is 5.41 Å². The van der Waals surface area contributed by atoms with Gasteiger partial charge >= 0.3 is 5.97 Å². The molecule has 1 saturated heterocycles. The fraction of sp³-hybridized carbons (Fsp3) is 0.533. The van der Waals surface area contributed by atoms with Gasteiger partial charge in [0.15, 0.2) is 11.9 Å². The van der Waals surface area contributed by atoms with Crippen LogP contribution in [0.2, 0.25) is 0 Å². The number of benzene rings is 1. The fourth-order valence-corrected chi connectivity index (χ4v) is 5.49. The van der Waals surface area contributed by atoms with Gasteiger partial charge in [-0.2, -0.15) is 0 Å². The van der Waals surface area contributed by atoms with E-state index in [-0.39, 0.29) is 42.4 Å². The summed E-state index contributed by atoms with van der Waals surface area (Å²) in [5.41, 5.74) is 3.95. The smallest absolute Gasteiger partial charge is 0.332 e. The third-order valence-corrected chi connectivity index (χ3v) is 7.94. The summed E-state index contributed by atoms with van der Waals surface area (Å²) in [5, 5.41) is 29.3. The monoisotopic (exact) mass is 570 g/mol. The number of ketones is 1. The Bertz CT molecular complexity index is 1320. The number of fused-ring (bicyclic) bond motifs is 1. The van der Waals surface area contributed by atoms with E-state index in [1.165, 1.54) is 0 Å². The second-order valence-corrected chi connectivity index (χ2v) is 12.0. The number of hydrogen-bond acceptors (Lipinski definition) is 7. The topological polar surface area (TPSA) is 127 Å². The summed E-state index contributed by atoms with van der Waals surface area (Å²) in [7, 11) is 0. The number of hydrogen-bond donors (Lipinski definition) is 3. The highest BCUT2D eigenvalue weighted by Crippen LogP contribution is 2.42. The number of pyridine rings is 1. The molecule has 0 radical (unpaired) electrons. The predicted molar refractivity (Wildman–Crippen MR) is 155 cm³/mol. The van der Waals surface area contributed by atoms with Crippen LogP contribution in [0.4, 0.5) is 5.69 Å². The Hall–Kier alpha value is -3.17. The van der Waals surface area contributed by atoms with E-state index in [1.54, 1.807) is 24.0 Å². The molecule has 1 aromatic carbocycles. The first-order valence-corrected chi connectivity index (χ1v) is 13.8. The van der Waals surface area contributed by atoms with Gasteiger partial charge in [-0.15, -0.1) is 12.4 Å². The molecule has 2 fully saturated rings. The van der Waals surface area contributed by atoms with E-state index in [2.05, 4.69) is 0 Å². The lowest BCUT2D eigenvalue weighted by Gasteiger charge is -2.28. The van der Waals surface area contributed by atoms with Crippen LogP contribution in [0.3, 0.4) is 0 Å². The van der Waals surface area contributed by atoms with Crippen molar-refractivity contribution in [3.8, 4) is 5.75 Å². The molecular weight excluding hydrogens is 532 g/mol. The van der Waals surface area contributed by atoms with Gasteiger partial charge in [0.05, 0.1) is 18.3 Å². The summed E-state index contributed by atoms with van der Waals surface area (Å²) >= 11 is 0. The number of nitrogens with zero attached hydrogens (tertiary/aromatic N) is 3. The number of phenols is 1. The van der Waals surface area contributed by atoms with Crippen LogP contribution < -0.4 is 4.90 Å². The van der Waals surface area contributed by atoms with Crippen molar-refractivity contribution < 1.29 is 24.5 Å². The lowest BCUT2D eigenvalue weighted by molar-refractivity contribution is -0.153. The Kier molecular flexibility index (Phi) is 8.47. The van der Waals surface area contributed by atoms with E-state index < -0.39 is 17.5 Å². The molecule has 2 atom stereocenters. The number of carbonyl (C=O) groups is 2. The van der Waals surface area contributed by atoms with E-state index in [9.17, 15) is 19.8 Å². The van der Waals surface area contributed by atoms with E-state index >= 15 is 0 Å². The number of aromatic nitrogens is 1. The number of carboxylic acids is 1. The quantitative estimate of drug-likeness (QED) is 0.365. The van der Waals surface area contributed by atoms with Crippen molar-refractivity contribution in [2.75, 3.05) is 24.5 Å². The zero-order valence-corrected chi connectivity index (χ0v) is 24.4. The number of aromatic hydroxyl groups is 1. The predicted octanol–water partition coefficient (Wildman–Crippen LogP) is 4.87. The maximum absolute atomic E-state index is 13.6. The van der Waals surface area contributed by atoms with Crippen LogP contribution in [0.1, 0.15) is 92.2 Å². The van der Waals surface area contributed by atoms with E-state index in [0.29, 0.717) is 60.9 Å². The van der Waals surface area contributed by atoms with Crippen molar-refractivity contribution in [3.05, 3.63) is 52.3 Å². The van der Waals surface area contributed by atoms with Crippen molar-refractivity contribution in [1.82, 2.24) is 9.88 Å². The molecule has 0 spiro atoms. The second kappa shape index (κ2) is 11.4. The Morgan fingerprint density at radius 2 is 1.93 bits per heavy atom. The lowest BCUT2D eigenvalue weighted by Crippen LogP contribution is -2.32. The van der Waals surface area contributed by atoms with Gasteiger partial charge < -0.3 is 24.7 Å². The van der Waals surface area contributed by atoms with Gasteiger partial charge in [0.2, 0.25) is 0 Å². The summed E-state index contributed by atoms with van der Waals surface area (Å²) in [5.74, 6) is -0.208. The molecule has 3 aliphatic rings. The molecule has 3 heterocycles. The molecular formula is C30H39ClN4O5. The molecule has 216 valence electrons. The molecule has 2 unspecified atom stereocenters. The normalized spacial score (nSPS) is 19.4. The van der Waals surface area contributed by atoms with Crippen LogP contribution in [0.5, 0.6) is 5.75 Å². The third-order valence-electron chi connectivity index (χ3n) is 7.94. The number of nitrogens with one attached hydrogen (secondary N) is 1. The Morgan fingerprint density at radius 3 is 2.55 bits per heavy atom. The molecule has 10 heteroatoms. The summed E-state index contributed by atoms with van der Waals surface area (Å²) in [6.07, 6.45) is 2.15. The minimum atomic E-state index is -0.977. The van der Waals surface area contributed by atoms with Crippen LogP contribution in [0.15, 0.2) is 24.3 Å². The highest BCUT2D eigenvalue weighted by molar-refractivity contribution is 6.05. The molecule has 0 amide bonds. The molecule has 3 N–H and O–H groups in total. The van der Waals surface area contributed by atoms with Crippen LogP contribution >= 0.6 is 12.4 Å². The first kappa shape index (κ1) is 29.8. The Labute approximate surface area is 241 Å². The summed E-state index contributed by atoms with van der Waals surface area (Å²) in [6.45, 7) is 9.28. The van der Waals surface area contributed by atoms with Crippen LogP contribution in [-0.4, -0.2) is 69.5 Å². The summed E-state index contributed by atoms with van der Waals surface area (Å²) in [4.78, 5) is 33.5. The number of carboxylic acid groups (broad SMARTS) is 1. The number of ether oxygens (including phenoxy) is 1. The molecule has 1 aliphatic carbocycles. The largest absolute Gasteiger partial charge is 0.505 e. The number of phenolic OH excluding ortho intramolecular Hbond substituents is 1. The average molecular weight is 571 g/mol. The zero-order chi connectivity index (χ0) is 28.1. The van der Waals surface area contributed by atoms with Crippen molar-refractivity contribution >= 4 is 35.7 Å². The molecule has 9 nitrogen and oxygen atoms in total. The van der Waals surface area contributed by atoms with Crippen molar-refractivity contribution in [2.45, 2.75) is 83.5 Å². The maximum Gasteiger partial charge on any atom is 0.332 e. The van der Waals surface area contributed by atoms with Crippen molar-refractivity contribution in [2.24, 2.45) is 0 Å². The summed E-state index contributed by atoms with van der Waals surface area (Å²) < 4.78 is 5.82. The molecule has 0 bridgehead atoms. The number of Topliss-reactive ketones (excluding diaryl/α,β-unsaturated/α-hetero) is 1. The molecule has 1 aromatic heterocycles. The molecule has 2 aromatic rings. The molecule has 1 saturated carbocycles. The van der Waals surface area contributed by atoms with Gasteiger partial charge in [-0.25, -0.2) is 9.78 Å². The van der Waals surface area contributed by atoms with Crippen LogP contribution in [0.25, 0.3) is 0 Å². The highest BCUT2D eigenvalue weighted by Gasteiger charge is 2.34. The minimum Gasteiger partial charge on any atom is -0.505 e. The standard InChI is InChI=1S/C30H38N4O5.ClH/c1-5-25(29(37)38)39-20-10-11-33(15-20)23-13-19(12-21(27(23)36)30(2,3)4)24(35)16-34-14-18-8-9-22(17-6-7-17)32-26(18)28(34)31;/h8-9,12-13,17,20,25,31,36H,5-7,10-11,14-16H2,1-4H3,(H,37,38);1H. The van der Waals surface area contributed by atoms with E-state index in [4.69, 9.17) is 15.1 Å². The number of halogens is 1. The summed E-state index contributed by atoms with van der Waals surface area (Å²) in [6, 6.07) is 7.56. The number of anilines is 1. The van der Waals surface area contributed by atoms with Crippen LogP contribution in [0, 0.1) is 5.41 Å². The van der Waals surface area contributed by atoms with Gasteiger partial charge in [-0.1, -0.05) is 33.8 Å². The number of carbonyl (C=O) groups excluding carboxylic acids is 1. The number of rotatable bonds is 9. The van der Waals surface area contributed by atoms with Crippen LogP contribution in [-0.2, 0) is 21.5 Å². The third kappa shape index (κ3) is 5.95. The van der Waals surface area contributed by atoms with Gasteiger partial charge in [0.1, 0.15) is 17.3 Å². The van der Waals surface area contributed by atoms with Gasteiger partial charge in [-0.3, -0.25) is 10.2 Å². The first-order chi connectivity index (χ1) is 18.5. The van der Waals surface area contributed by atoms with Gasteiger partial charge in [-0.05, 0) is 49.3 Å². The first-order valence-electron chi connectivity index (χ1n) is 13.8. The number of amidine groups is 1. The highest BCUT2D eigenvalue weighted by atomic mass is 35.5. The van der Waals surface area contributed by atoms with Crippen molar-refractivity contribution in [3.63, 3.8) is 0 Å². The fourth-order valence-electron chi connectivity index (χ4n) is 5.49. The lowest BCUT2D eigenvalue weighted by atomic mass is 9.84. The SMILES string of the molecule is CCC(OC1CCN(c2cc(C(=O)CN3Cc4ccc(C5CC5)nc4C3=N)cc(C(C)(C)C)c2O)C1)C(=O)O.Cl. The van der Waals surface area contributed by atoms with Gasteiger partial charge in [0, 0.05) is 47.9 Å². The second-order valence-electron chi connectivity index (χ2n) is 12.0. The van der Waals surface area contributed by atoms with E-state index in [0.717, 1.165) is 24.1 Å². The molecule has 5 rings (SSSR count). The zero-order valence-electron chi connectivity index (χ0n) is 23.6. The van der Waals surface area contributed by atoms with Gasteiger partial charge in [0.25, 0.3) is 0 Å². The minimum absolute atomic E-state index is 0. The Balaban J connectivity index is 0.00000370. The number of aliphatic carboxylic acids is 1. The molecule has 2 aliphatic heterocycles. The van der Waals surface area contributed by atoms with E-state index in [1.807, 2.05) is 37.8 Å². The Morgan fingerprint density at radius 1 is 1.20 bits per heavy atom. The maximum atomic E-state index is 13.6. The molecule has 40 heavy (non-hydrogen) atoms.